The van der Waals surface area contributed by atoms with Crippen LogP contribution in [0.1, 0.15) is 33.1 Å². The van der Waals surface area contributed by atoms with Crippen molar-refractivity contribution in [1.29, 1.82) is 0 Å². The van der Waals surface area contributed by atoms with Gasteiger partial charge in [0.15, 0.2) is 11.5 Å². The van der Waals surface area contributed by atoms with Crippen molar-refractivity contribution in [1.82, 2.24) is 14.9 Å². The van der Waals surface area contributed by atoms with Gasteiger partial charge in [0.25, 0.3) is 5.91 Å². The Kier molecular flexibility index (Phi) is 5.08. The van der Waals surface area contributed by atoms with Crippen molar-refractivity contribution >= 4 is 17.0 Å². The summed E-state index contributed by atoms with van der Waals surface area (Å²) < 4.78 is 19.6. The Morgan fingerprint density at radius 3 is 2.76 bits per heavy atom. The van der Waals surface area contributed by atoms with Crippen LogP contribution < -0.4 is 0 Å². The molecule has 0 bridgehead atoms. The number of hydrogen-bond acceptors (Lipinski definition) is 4. The Bertz CT molecular complexity index is 1190. The van der Waals surface area contributed by atoms with Crippen molar-refractivity contribution in [2.75, 3.05) is 7.05 Å². The van der Waals surface area contributed by atoms with E-state index in [1.54, 1.807) is 54.5 Å². The highest BCUT2D eigenvalue weighted by Gasteiger charge is 2.16. The first-order chi connectivity index (χ1) is 14.0. The molecule has 0 saturated carbocycles. The Labute approximate surface area is 167 Å². The zero-order chi connectivity index (χ0) is 20.4. The lowest BCUT2D eigenvalue weighted by molar-refractivity contribution is 0.0783. The standard InChI is InChI=1S/C23H20FN3O2/c1-15-6-5-11-25-20(15)14-27(2)23(28)17-9-10-19-21(12-17)29-22(26-19)13-16-7-3-4-8-18(16)24/h3-12H,13-14H2,1-2H3. The third-order valence-electron chi connectivity index (χ3n) is 4.83. The maximum absolute atomic E-state index is 13.9. The molecule has 0 radical (unpaired) electrons. The van der Waals surface area contributed by atoms with Crippen LogP contribution in [0.3, 0.4) is 0 Å². The quantitative estimate of drug-likeness (QED) is 0.503. The van der Waals surface area contributed by atoms with E-state index in [2.05, 4.69) is 9.97 Å². The number of oxazole rings is 1. The van der Waals surface area contributed by atoms with Gasteiger partial charge in [0.05, 0.1) is 18.7 Å². The van der Waals surface area contributed by atoms with Crippen LogP contribution >= 0.6 is 0 Å². The topological polar surface area (TPSA) is 59.2 Å². The number of benzene rings is 2. The van der Waals surface area contributed by atoms with Crippen LogP contribution in [0.4, 0.5) is 4.39 Å². The van der Waals surface area contributed by atoms with Gasteiger partial charge in [-0.15, -0.1) is 0 Å². The number of carbonyl (C=O) groups excluding carboxylic acids is 1. The summed E-state index contributed by atoms with van der Waals surface area (Å²) in [6.07, 6.45) is 1.97. The molecule has 2 aromatic heterocycles. The molecule has 0 unspecified atom stereocenters. The minimum Gasteiger partial charge on any atom is -0.440 e. The highest BCUT2D eigenvalue weighted by Crippen LogP contribution is 2.21. The monoisotopic (exact) mass is 389 g/mol. The molecule has 1 amide bonds. The van der Waals surface area contributed by atoms with Gasteiger partial charge in [-0.2, -0.15) is 0 Å². The molecule has 4 aromatic rings. The van der Waals surface area contributed by atoms with E-state index in [4.69, 9.17) is 4.42 Å². The van der Waals surface area contributed by atoms with Gasteiger partial charge >= 0.3 is 0 Å². The van der Waals surface area contributed by atoms with E-state index in [0.29, 0.717) is 34.7 Å². The predicted octanol–water partition coefficient (Wildman–Crippen LogP) is 4.53. The summed E-state index contributed by atoms with van der Waals surface area (Å²) in [5, 5.41) is 0. The lowest BCUT2D eigenvalue weighted by atomic mass is 10.1. The van der Waals surface area contributed by atoms with E-state index in [-0.39, 0.29) is 18.1 Å². The van der Waals surface area contributed by atoms with Gasteiger partial charge in [-0.1, -0.05) is 24.3 Å². The number of aromatic nitrogens is 2. The molecule has 146 valence electrons. The summed E-state index contributed by atoms with van der Waals surface area (Å²) in [4.78, 5) is 23.2. The summed E-state index contributed by atoms with van der Waals surface area (Å²) >= 11 is 0. The van der Waals surface area contributed by atoms with E-state index in [1.807, 2.05) is 19.1 Å². The molecule has 0 saturated heterocycles. The SMILES string of the molecule is Cc1cccnc1CN(C)C(=O)c1ccc2nc(Cc3ccccc3F)oc2c1. The lowest BCUT2D eigenvalue weighted by Crippen LogP contribution is -2.26. The summed E-state index contributed by atoms with van der Waals surface area (Å²) in [7, 11) is 1.74. The third kappa shape index (κ3) is 4.01. The second kappa shape index (κ2) is 7.83. The maximum Gasteiger partial charge on any atom is 0.254 e. The Balaban J connectivity index is 1.54. The van der Waals surface area contributed by atoms with Gasteiger partial charge in [0, 0.05) is 18.8 Å². The Morgan fingerprint density at radius 1 is 1.14 bits per heavy atom. The van der Waals surface area contributed by atoms with Crippen molar-refractivity contribution in [3.05, 3.63) is 94.9 Å². The number of hydrogen-bond donors (Lipinski definition) is 0. The summed E-state index contributed by atoms with van der Waals surface area (Å²) in [6, 6.07) is 15.5. The molecule has 4 rings (SSSR count). The van der Waals surface area contributed by atoms with E-state index < -0.39 is 0 Å². The smallest absolute Gasteiger partial charge is 0.254 e. The number of carbonyl (C=O) groups is 1. The van der Waals surface area contributed by atoms with Gasteiger partial charge < -0.3 is 9.32 Å². The van der Waals surface area contributed by atoms with Crippen molar-refractivity contribution in [3.8, 4) is 0 Å². The van der Waals surface area contributed by atoms with Gasteiger partial charge in [0.1, 0.15) is 11.3 Å². The molecule has 6 heteroatoms. The molecular formula is C23H20FN3O2. The van der Waals surface area contributed by atoms with Crippen LogP contribution in [-0.4, -0.2) is 27.8 Å². The molecule has 0 fully saturated rings. The lowest BCUT2D eigenvalue weighted by Gasteiger charge is -2.17. The Hall–Kier alpha value is -3.54. The summed E-state index contributed by atoms with van der Waals surface area (Å²) in [5.74, 6) is -0.0202. The molecular weight excluding hydrogens is 369 g/mol. The zero-order valence-corrected chi connectivity index (χ0v) is 16.2. The third-order valence-corrected chi connectivity index (χ3v) is 4.83. The van der Waals surface area contributed by atoms with Crippen LogP contribution in [0.15, 0.2) is 65.2 Å². The van der Waals surface area contributed by atoms with E-state index >= 15 is 0 Å². The van der Waals surface area contributed by atoms with Crippen LogP contribution in [0.25, 0.3) is 11.1 Å². The van der Waals surface area contributed by atoms with Gasteiger partial charge in [0.2, 0.25) is 0 Å². The molecule has 2 aromatic carbocycles. The van der Waals surface area contributed by atoms with Gasteiger partial charge in [-0.3, -0.25) is 9.78 Å². The van der Waals surface area contributed by atoms with Crippen LogP contribution in [-0.2, 0) is 13.0 Å². The molecule has 0 aliphatic rings. The first kappa shape index (κ1) is 18.8. The number of halogens is 1. The van der Waals surface area contributed by atoms with Crippen molar-refractivity contribution in [2.24, 2.45) is 0 Å². The van der Waals surface area contributed by atoms with Crippen molar-refractivity contribution < 1.29 is 13.6 Å². The van der Waals surface area contributed by atoms with Crippen molar-refractivity contribution in [3.63, 3.8) is 0 Å². The molecule has 0 N–H and O–H groups in total. The van der Waals surface area contributed by atoms with Crippen LogP contribution in [0.5, 0.6) is 0 Å². The van der Waals surface area contributed by atoms with Gasteiger partial charge in [-0.05, 0) is 48.4 Å². The maximum atomic E-state index is 13.9. The summed E-state index contributed by atoms with van der Waals surface area (Å²) in [6.45, 7) is 2.39. The first-order valence-corrected chi connectivity index (χ1v) is 9.30. The molecule has 5 nitrogen and oxygen atoms in total. The van der Waals surface area contributed by atoms with Crippen LogP contribution in [0, 0.1) is 12.7 Å². The molecule has 29 heavy (non-hydrogen) atoms. The molecule has 0 aliphatic heterocycles. The number of amides is 1. The molecule has 0 spiro atoms. The number of rotatable bonds is 5. The van der Waals surface area contributed by atoms with E-state index in [9.17, 15) is 9.18 Å². The minimum absolute atomic E-state index is 0.135. The normalized spacial score (nSPS) is 11.0. The zero-order valence-electron chi connectivity index (χ0n) is 16.2. The van der Waals surface area contributed by atoms with E-state index in [1.165, 1.54) is 6.07 Å². The largest absolute Gasteiger partial charge is 0.440 e. The second-order valence-corrected chi connectivity index (χ2v) is 6.99. The number of aryl methyl sites for hydroxylation is 1. The van der Waals surface area contributed by atoms with E-state index in [0.717, 1.165) is 11.3 Å². The van der Waals surface area contributed by atoms with Crippen LogP contribution in [0.2, 0.25) is 0 Å². The molecule has 0 aliphatic carbocycles. The number of fused-ring (bicyclic) bond motifs is 1. The molecule has 0 atom stereocenters. The average Bonchev–Trinajstić information content (AvgIpc) is 3.12. The molecule has 2 heterocycles. The first-order valence-electron chi connectivity index (χ1n) is 9.30. The minimum atomic E-state index is -0.294. The predicted molar refractivity (Wildman–Crippen MR) is 108 cm³/mol. The second-order valence-electron chi connectivity index (χ2n) is 6.99. The fourth-order valence-electron chi connectivity index (χ4n) is 3.19. The highest BCUT2D eigenvalue weighted by atomic mass is 19.1. The highest BCUT2D eigenvalue weighted by molar-refractivity contribution is 5.96. The van der Waals surface area contributed by atoms with Gasteiger partial charge in [-0.25, -0.2) is 9.37 Å². The number of nitrogens with zero attached hydrogens (tertiary/aromatic N) is 3. The fraction of sp³-hybridized carbons (Fsp3) is 0.174. The number of pyridine rings is 1. The Morgan fingerprint density at radius 2 is 1.97 bits per heavy atom. The average molecular weight is 389 g/mol. The fourth-order valence-corrected chi connectivity index (χ4v) is 3.19. The summed E-state index contributed by atoms with van der Waals surface area (Å²) in [5.41, 5.74) is 4.05. The van der Waals surface area contributed by atoms with Crippen molar-refractivity contribution in [2.45, 2.75) is 19.9 Å².